The van der Waals surface area contributed by atoms with E-state index in [4.69, 9.17) is 4.53 Å². The van der Waals surface area contributed by atoms with Gasteiger partial charge in [-0.05, 0) is 26.4 Å². The van der Waals surface area contributed by atoms with Crippen LogP contribution in [-0.2, 0) is 4.53 Å². The van der Waals surface area contributed by atoms with Crippen molar-refractivity contribution in [1.82, 2.24) is 0 Å². The third kappa shape index (κ3) is 5.56. The lowest BCUT2D eigenvalue weighted by Crippen LogP contribution is -2.03. The normalized spacial score (nSPS) is 12.3. The molecular weight excluding hydrogens is 130 g/mol. The first-order valence-electron chi connectivity index (χ1n) is 3.17. The Morgan fingerprint density at radius 1 is 1.56 bits per heavy atom. The van der Waals surface area contributed by atoms with Crippen LogP contribution in [0.1, 0.15) is 20.3 Å². The van der Waals surface area contributed by atoms with Gasteiger partial charge in [0.05, 0.1) is 5.71 Å². The van der Waals surface area contributed by atoms with Gasteiger partial charge in [-0.3, -0.25) is 0 Å². The number of hydrogen-bond acceptors (Lipinski definition) is 2. The minimum Gasteiger partial charge on any atom is -0.455 e. The fourth-order valence-corrected chi connectivity index (χ4v) is 0.572. The molecule has 0 heterocycles. The first-order valence-corrected chi connectivity index (χ1v) is 5.58. The standard InChI is InChI=1S/C6H14NOSi/c1-5-6(2)7-8-9(3)4/h5H2,1-4H3/b7-6+. The first kappa shape index (κ1) is 8.69. The Kier molecular flexibility index (Phi) is 4.40. The van der Waals surface area contributed by atoms with Crippen LogP contribution in [0, 0.1) is 0 Å². The van der Waals surface area contributed by atoms with Crippen molar-refractivity contribution in [2.75, 3.05) is 0 Å². The molecule has 9 heavy (non-hydrogen) atoms. The van der Waals surface area contributed by atoms with Crippen LogP contribution in [0.2, 0.25) is 13.1 Å². The molecule has 1 radical (unpaired) electrons. The van der Waals surface area contributed by atoms with Crippen molar-refractivity contribution in [2.45, 2.75) is 33.4 Å². The Morgan fingerprint density at radius 2 is 2.11 bits per heavy atom. The van der Waals surface area contributed by atoms with E-state index < -0.39 is 9.04 Å². The van der Waals surface area contributed by atoms with E-state index in [0.29, 0.717) is 0 Å². The summed E-state index contributed by atoms with van der Waals surface area (Å²) in [7, 11) is -0.627. The molecule has 53 valence electrons. The predicted octanol–water partition coefficient (Wildman–Crippen LogP) is 2.04. The largest absolute Gasteiger partial charge is 0.455 e. The van der Waals surface area contributed by atoms with Crippen molar-refractivity contribution >= 4 is 14.8 Å². The second kappa shape index (κ2) is 4.55. The zero-order chi connectivity index (χ0) is 7.28. The number of rotatable bonds is 3. The van der Waals surface area contributed by atoms with Gasteiger partial charge in [0, 0.05) is 0 Å². The second-order valence-corrected chi connectivity index (χ2v) is 4.18. The van der Waals surface area contributed by atoms with Crippen molar-refractivity contribution < 1.29 is 4.53 Å². The summed E-state index contributed by atoms with van der Waals surface area (Å²) in [5, 5.41) is 3.90. The molecule has 0 aliphatic rings. The van der Waals surface area contributed by atoms with Crippen LogP contribution in [-0.4, -0.2) is 14.8 Å². The number of nitrogens with zero attached hydrogens (tertiary/aromatic N) is 1. The van der Waals surface area contributed by atoms with Crippen molar-refractivity contribution in [3.05, 3.63) is 0 Å². The summed E-state index contributed by atoms with van der Waals surface area (Å²) in [6.07, 6.45) is 0.981. The molecule has 0 aliphatic carbocycles. The summed E-state index contributed by atoms with van der Waals surface area (Å²) in [6.45, 7) is 8.18. The maximum absolute atomic E-state index is 5.08. The van der Waals surface area contributed by atoms with E-state index in [9.17, 15) is 0 Å². The Labute approximate surface area is 58.6 Å². The maximum Gasteiger partial charge on any atom is 0.313 e. The molecule has 0 aromatic rings. The molecule has 0 saturated heterocycles. The Morgan fingerprint density at radius 3 is 2.44 bits per heavy atom. The first-order chi connectivity index (χ1) is 4.16. The minimum absolute atomic E-state index is 0.627. The molecule has 0 bridgehead atoms. The molecule has 0 aliphatic heterocycles. The molecule has 0 N–H and O–H groups in total. The quantitative estimate of drug-likeness (QED) is 0.337. The van der Waals surface area contributed by atoms with Crippen molar-refractivity contribution in [3.63, 3.8) is 0 Å². The van der Waals surface area contributed by atoms with Gasteiger partial charge in [-0.1, -0.05) is 6.92 Å². The van der Waals surface area contributed by atoms with E-state index in [-0.39, 0.29) is 0 Å². The third-order valence-corrected chi connectivity index (χ3v) is 1.35. The molecule has 0 amide bonds. The molecule has 0 spiro atoms. The lowest BCUT2D eigenvalue weighted by Gasteiger charge is -2.00. The Bertz CT molecular complexity index is 101. The van der Waals surface area contributed by atoms with Crippen LogP contribution < -0.4 is 0 Å². The van der Waals surface area contributed by atoms with E-state index in [2.05, 4.69) is 25.2 Å². The highest BCUT2D eigenvalue weighted by molar-refractivity contribution is 6.48. The van der Waals surface area contributed by atoms with Crippen LogP contribution in [0.3, 0.4) is 0 Å². The maximum atomic E-state index is 5.08. The molecule has 0 fully saturated rings. The summed E-state index contributed by atoms with van der Waals surface area (Å²) in [4.78, 5) is 0. The molecule has 0 aromatic carbocycles. The van der Waals surface area contributed by atoms with Crippen LogP contribution >= 0.6 is 0 Å². The summed E-state index contributed by atoms with van der Waals surface area (Å²) >= 11 is 0. The Balaban J connectivity index is 3.43. The molecule has 0 saturated carbocycles. The van der Waals surface area contributed by atoms with Crippen LogP contribution in [0.4, 0.5) is 0 Å². The lowest BCUT2D eigenvalue weighted by molar-refractivity contribution is 0.350. The smallest absolute Gasteiger partial charge is 0.313 e. The van der Waals surface area contributed by atoms with E-state index in [1.165, 1.54) is 0 Å². The second-order valence-electron chi connectivity index (χ2n) is 2.18. The molecular formula is C6H14NOSi. The average Bonchev–Trinajstić information content (AvgIpc) is 1.83. The highest BCUT2D eigenvalue weighted by atomic mass is 28.3. The van der Waals surface area contributed by atoms with Gasteiger partial charge in [0.15, 0.2) is 0 Å². The van der Waals surface area contributed by atoms with Crippen molar-refractivity contribution in [2.24, 2.45) is 5.16 Å². The summed E-state index contributed by atoms with van der Waals surface area (Å²) in [5.74, 6) is 0. The summed E-state index contributed by atoms with van der Waals surface area (Å²) in [6, 6.07) is 0. The van der Waals surface area contributed by atoms with Crippen molar-refractivity contribution in [3.8, 4) is 0 Å². The Hall–Kier alpha value is -0.313. The van der Waals surface area contributed by atoms with E-state index in [1.807, 2.05) is 6.92 Å². The van der Waals surface area contributed by atoms with Crippen LogP contribution in [0.5, 0.6) is 0 Å². The zero-order valence-corrected chi connectivity index (χ0v) is 7.56. The van der Waals surface area contributed by atoms with Gasteiger partial charge in [0.1, 0.15) is 0 Å². The van der Waals surface area contributed by atoms with E-state index in [1.54, 1.807) is 0 Å². The fourth-order valence-electron chi connectivity index (χ4n) is 0.234. The SMILES string of the molecule is CC/C(C)=N/O[Si](C)C. The zero-order valence-electron chi connectivity index (χ0n) is 6.56. The molecule has 3 heteroatoms. The molecule has 0 aromatic heterocycles. The van der Waals surface area contributed by atoms with E-state index in [0.717, 1.165) is 12.1 Å². The number of oxime groups is 1. The van der Waals surface area contributed by atoms with Gasteiger partial charge in [-0.25, -0.2) is 0 Å². The van der Waals surface area contributed by atoms with Gasteiger partial charge in [0.25, 0.3) is 0 Å². The van der Waals surface area contributed by atoms with Gasteiger partial charge in [-0.2, -0.15) is 0 Å². The van der Waals surface area contributed by atoms with Gasteiger partial charge < -0.3 is 4.53 Å². The summed E-state index contributed by atoms with van der Waals surface area (Å²) < 4.78 is 5.08. The molecule has 0 unspecified atom stereocenters. The van der Waals surface area contributed by atoms with Crippen LogP contribution in [0.25, 0.3) is 0 Å². The third-order valence-electron chi connectivity index (χ3n) is 0.896. The van der Waals surface area contributed by atoms with Gasteiger partial charge in [0.2, 0.25) is 0 Å². The highest BCUT2D eigenvalue weighted by Crippen LogP contribution is 1.88. The molecule has 2 nitrogen and oxygen atoms in total. The predicted molar refractivity (Wildman–Crippen MR) is 42.0 cm³/mol. The van der Waals surface area contributed by atoms with Gasteiger partial charge in [-0.15, -0.1) is 5.16 Å². The van der Waals surface area contributed by atoms with Crippen molar-refractivity contribution in [1.29, 1.82) is 0 Å². The van der Waals surface area contributed by atoms with E-state index >= 15 is 0 Å². The topological polar surface area (TPSA) is 21.6 Å². The fraction of sp³-hybridized carbons (Fsp3) is 0.833. The molecule has 0 rings (SSSR count). The average molecular weight is 144 g/mol. The monoisotopic (exact) mass is 144 g/mol. The molecule has 0 atom stereocenters. The highest BCUT2D eigenvalue weighted by Gasteiger charge is 1.94. The minimum atomic E-state index is -0.627. The van der Waals surface area contributed by atoms with Crippen LogP contribution in [0.15, 0.2) is 5.16 Å². The lowest BCUT2D eigenvalue weighted by atomic mass is 10.3. The number of hydrogen-bond donors (Lipinski definition) is 0. The summed E-state index contributed by atoms with van der Waals surface area (Å²) in [5.41, 5.74) is 1.07. The van der Waals surface area contributed by atoms with Gasteiger partial charge >= 0.3 is 9.04 Å².